The molecule has 2 heterocycles. The van der Waals surface area contributed by atoms with Gasteiger partial charge in [-0.2, -0.15) is 0 Å². The molecule has 2 fully saturated rings. The Balaban J connectivity index is 1.77. The minimum Gasteiger partial charge on any atom is -0.337 e. The molecule has 0 aromatic carbocycles. The Morgan fingerprint density at radius 1 is 1.41 bits per heavy atom. The molecule has 6 heteroatoms. The van der Waals surface area contributed by atoms with E-state index in [2.05, 4.69) is 11.9 Å². The largest absolute Gasteiger partial charge is 0.337 e. The first-order valence-electron chi connectivity index (χ1n) is 8.01. The van der Waals surface area contributed by atoms with Crippen LogP contribution in [-0.2, 0) is 5.34 Å². The molecule has 1 aliphatic carbocycles. The maximum atomic E-state index is 12.4. The van der Waals surface area contributed by atoms with E-state index >= 15 is 0 Å². The minimum atomic E-state index is -1.11. The van der Waals surface area contributed by atoms with Crippen LogP contribution < -0.4 is 0 Å². The van der Waals surface area contributed by atoms with Crippen molar-refractivity contribution in [1.82, 2.24) is 14.8 Å². The lowest BCUT2D eigenvalue weighted by Gasteiger charge is -2.50. The number of carbonyl (C=O) groups excluding carboxylic acids is 1. The summed E-state index contributed by atoms with van der Waals surface area (Å²) in [6.45, 7) is 3.93. The molecule has 1 aromatic rings. The molecule has 4 radical (unpaired) electrons. The summed E-state index contributed by atoms with van der Waals surface area (Å²) in [6, 6.07) is 5.69. The van der Waals surface area contributed by atoms with Crippen LogP contribution in [0.25, 0.3) is 0 Å². The summed E-state index contributed by atoms with van der Waals surface area (Å²) < 4.78 is 0. The van der Waals surface area contributed by atoms with Gasteiger partial charge in [-0.25, -0.2) is 4.98 Å². The third kappa shape index (κ3) is 2.81. The van der Waals surface area contributed by atoms with Gasteiger partial charge in [-0.05, 0) is 36.2 Å². The van der Waals surface area contributed by atoms with Crippen molar-refractivity contribution in [1.29, 1.82) is 0 Å². The number of hydrogen-bond donors (Lipinski definition) is 0. The maximum Gasteiger partial charge on any atom is 0.272 e. The van der Waals surface area contributed by atoms with Crippen LogP contribution in [0.1, 0.15) is 42.4 Å². The van der Waals surface area contributed by atoms with Crippen LogP contribution in [0.15, 0.2) is 18.2 Å². The fourth-order valence-electron chi connectivity index (χ4n) is 2.88. The van der Waals surface area contributed by atoms with Crippen molar-refractivity contribution in [3.8, 4) is 0 Å². The van der Waals surface area contributed by atoms with Crippen molar-refractivity contribution in [3.63, 3.8) is 0 Å². The second-order valence-corrected chi connectivity index (χ2v) is 6.56. The molecule has 0 atom stereocenters. The fourth-order valence-corrected chi connectivity index (χ4v) is 2.88. The summed E-state index contributed by atoms with van der Waals surface area (Å²) in [7, 11) is 14.4. The van der Waals surface area contributed by atoms with Crippen molar-refractivity contribution in [3.05, 3.63) is 29.6 Å². The van der Waals surface area contributed by atoms with Crippen molar-refractivity contribution < 1.29 is 4.79 Å². The lowest BCUT2D eigenvalue weighted by molar-refractivity contribution is 0.0616. The summed E-state index contributed by atoms with van der Waals surface area (Å²) in [5.74, 6) is 0.590. The van der Waals surface area contributed by atoms with Gasteiger partial charge < -0.3 is 9.80 Å². The molecular formula is C16H21B2N3O. The average Bonchev–Trinajstić information content (AvgIpc) is 3.29. The standard InChI is InChI=1S/C16H21B2N3O/c1-3-11-9-21(10-11)16(17,18)14-6-4-5-13(19-14)15(22)20(2)12-7-8-12/h4-6,11-12H,3,7-10H2,1-2H3. The van der Waals surface area contributed by atoms with E-state index in [0.29, 0.717) is 23.3 Å². The highest BCUT2D eigenvalue weighted by molar-refractivity contribution is 6.39. The number of nitrogens with zero attached hydrogens (tertiary/aromatic N) is 3. The average molecular weight is 293 g/mol. The normalized spacial score (nSPS) is 19.7. The van der Waals surface area contributed by atoms with E-state index in [1.807, 2.05) is 18.0 Å². The van der Waals surface area contributed by atoms with Crippen LogP contribution in [0.5, 0.6) is 0 Å². The third-order valence-electron chi connectivity index (χ3n) is 4.85. The van der Waals surface area contributed by atoms with E-state index in [1.54, 1.807) is 17.0 Å². The predicted octanol–water partition coefficient (Wildman–Crippen LogP) is 1.11. The van der Waals surface area contributed by atoms with E-state index in [1.165, 1.54) is 0 Å². The van der Waals surface area contributed by atoms with E-state index < -0.39 is 5.34 Å². The van der Waals surface area contributed by atoms with Crippen molar-refractivity contribution >= 4 is 21.6 Å². The lowest BCUT2D eigenvalue weighted by atomic mass is 9.57. The quantitative estimate of drug-likeness (QED) is 0.763. The highest BCUT2D eigenvalue weighted by Gasteiger charge is 2.38. The summed E-state index contributed by atoms with van der Waals surface area (Å²) in [4.78, 5) is 20.6. The summed E-state index contributed by atoms with van der Waals surface area (Å²) in [5.41, 5.74) is 0.969. The summed E-state index contributed by atoms with van der Waals surface area (Å²) in [5, 5.41) is -1.11. The van der Waals surface area contributed by atoms with Crippen LogP contribution in [0.2, 0.25) is 0 Å². The summed E-state index contributed by atoms with van der Waals surface area (Å²) in [6.07, 6.45) is 3.28. The van der Waals surface area contributed by atoms with E-state index in [0.717, 1.165) is 32.4 Å². The molecule has 1 saturated heterocycles. The SMILES string of the molecule is [B]C([B])(c1cccc(C(=O)N(C)C2CC2)n1)N1CC(CC)C1. The molecule has 1 saturated carbocycles. The Morgan fingerprint density at radius 2 is 2.09 bits per heavy atom. The Bertz CT molecular complexity index is 568. The lowest BCUT2D eigenvalue weighted by Crippen LogP contribution is -2.59. The van der Waals surface area contributed by atoms with Gasteiger partial charge in [0.15, 0.2) is 0 Å². The molecule has 3 rings (SSSR count). The van der Waals surface area contributed by atoms with Gasteiger partial charge >= 0.3 is 0 Å². The molecule has 22 heavy (non-hydrogen) atoms. The molecule has 112 valence electrons. The fraction of sp³-hybridized carbons (Fsp3) is 0.625. The van der Waals surface area contributed by atoms with Gasteiger partial charge in [0.2, 0.25) is 0 Å². The summed E-state index contributed by atoms with van der Waals surface area (Å²) >= 11 is 0. The Morgan fingerprint density at radius 3 is 2.68 bits per heavy atom. The van der Waals surface area contributed by atoms with Gasteiger partial charge in [0, 0.05) is 31.9 Å². The van der Waals surface area contributed by atoms with Gasteiger partial charge in [0.1, 0.15) is 5.69 Å². The molecule has 1 amide bonds. The topological polar surface area (TPSA) is 36.4 Å². The molecule has 2 aliphatic rings. The first-order valence-corrected chi connectivity index (χ1v) is 8.01. The monoisotopic (exact) mass is 293 g/mol. The van der Waals surface area contributed by atoms with Crippen molar-refractivity contribution in [2.75, 3.05) is 20.1 Å². The number of pyridine rings is 1. The number of hydrogen-bond acceptors (Lipinski definition) is 3. The first kappa shape index (κ1) is 15.6. The number of amides is 1. The maximum absolute atomic E-state index is 12.4. The van der Waals surface area contributed by atoms with Crippen LogP contribution in [0.4, 0.5) is 0 Å². The van der Waals surface area contributed by atoms with Gasteiger partial charge in [0.25, 0.3) is 5.91 Å². The molecule has 0 spiro atoms. The number of rotatable bonds is 5. The first-order chi connectivity index (χ1) is 10.4. The van der Waals surface area contributed by atoms with E-state index in [4.69, 9.17) is 15.7 Å². The van der Waals surface area contributed by atoms with Crippen molar-refractivity contribution in [2.45, 2.75) is 37.6 Å². The highest BCUT2D eigenvalue weighted by Crippen LogP contribution is 2.31. The predicted molar refractivity (Wildman–Crippen MR) is 87.9 cm³/mol. The Hall–Kier alpha value is -1.29. The minimum absolute atomic E-state index is 0.0600. The van der Waals surface area contributed by atoms with Gasteiger partial charge in [-0.15, -0.1) is 0 Å². The number of carbonyl (C=O) groups is 1. The number of likely N-dealkylation sites (tertiary alicyclic amines) is 1. The van der Waals surface area contributed by atoms with Crippen molar-refractivity contribution in [2.24, 2.45) is 5.92 Å². The zero-order valence-electron chi connectivity index (χ0n) is 13.3. The van der Waals surface area contributed by atoms with Crippen LogP contribution in [0, 0.1) is 5.92 Å². The van der Waals surface area contributed by atoms with Crippen LogP contribution in [-0.4, -0.2) is 62.6 Å². The molecule has 0 bridgehead atoms. The zero-order chi connectivity index (χ0) is 15.9. The molecular weight excluding hydrogens is 272 g/mol. The van der Waals surface area contributed by atoms with Gasteiger partial charge in [0.05, 0.1) is 15.7 Å². The molecule has 1 aromatic heterocycles. The molecule has 0 unspecified atom stereocenters. The van der Waals surface area contributed by atoms with Crippen LogP contribution in [0.3, 0.4) is 0 Å². The van der Waals surface area contributed by atoms with E-state index in [9.17, 15) is 4.79 Å². The Labute approximate surface area is 135 Å². The second-order valence-electron chi connectivity index (χ2n) is 6.56. The second kappa shape index (κ2) is 5.73. The molecule has 0 N–H and O–H groups in total. The molecule has 4 nitrogen and oxygen atoms in total. The zero-order valence-corrected chi connectivity index (χ0v) is 13.3. The highest BCUT2D eigenvalue weighted by atomic mass is 16.2. The van der Waals surface area contributed by atoms with Gasteiger partial charge in [-0.3, -0.25) is 4.79 Å². The smallest absolute Gasteiger partial charge is 0.272 e. The van der Waals surface area contributed by atoms with E-state index in [-0.39, 0.29) is 5.91 Å². The van der Waals surface area contributed by atoms with Crippen LogP contribution >= 0.6 is 0 Å². The third-order valence-corrected chi connectivity index (χ3v) is 4.85. The number of aromatic nitrogens is 1. The Kier molecular flexibility index (Phi) is 4.06. The molecule has 1 aliphatic heterocycles. The van der Waals surface area contributed by atoms with Gasteiger partial charge in [-0.1, -0.05) is 19.4 Å².